The van der Waals surface area contributed by atoms with Crippen molar-refractivity contribution in [2.75, 3.05) is 0 Å². The second-order valence-electron chi connectivity index (χ2n) is 6.08. The van der Waals surface area contributed by atoms with Crippen molar-refractivity contribution < 1.29 is 5.11 Å². The molecule has 0 spiro atoms. The minimum Gasteiger partial charge on any atom is -0.494 e. The molecule has 4 rings (SSSR count). The van der Waals surface area contributed by atoms with Crippen molar-refractivity contribution in [3.05, 3.63) is 91.6 Å². The number of nitrogens with zero attached hydrogens (tertiary/aromatic N) is 1. The third-order valence-electron chi connectivity index (χ3n) is 4.22. The number of hydrogen-bond acceptors (Lipinski definition) is 4. The number of aromatic amines is 2. The molecule has 128 valence electrons. The Bertz CT molecular complexity index is 1180. The van der Waals surface area contributed by atoms with Gasteiger partial charge in [0.1, 0.15) is 5.56 Å². The number of benzene rings is 2. The highest BCUT2D eigenvalue weighted by molar-refractivity contribution is 6.39. The molecule has 3 N–H and O–H groups in total. The second kappa shape index (κ2) is 6.00. The first-order valence-corrected chi connectivity index (χ1v) is 8.06. The zero-order valence-corrected chi connectivity index (χ0v) is 13.9. The molecule has 0 atom stereocenters. The van der Waals surface area contributed by atoms with E-state index in [4.69, 9.17) is 4.99 Å². The van der Waals surface area contributed by atoms with Gasteiger partial charge in [0, 0.05) is 16.7 Å². The average Bonchev–Trinajstić information content (AvgIpc) is 2.96. The summed E-state index contributed by atoms with van der Waals surface area (Å²) in [6.45, 7) is 1.97. The van der Waals surface area contributed by atoms with E-state index in [1.807, 2.05) is 55.5 Å². The molecule has 2 heterocycles. The van der Waals surface area contributed by atoms with Crippen molar-refractivity contribution in [2.45, 2.75) is 6.92 Å². The molecule has 26 heavy (non-hydrogen) atoms. The fraction of sp³-hybridized carbons (Fsp3) is 0.0500. The van der Waals surface area contributed by atoms with Crippen LogP contribution in [0.4, 0.5) is 5.69 Å². The highest BCUT2D eigenvalue weighted by Crippen LogP contribution is 2.38. The van der Waals surface area contributed by atoms with Gasteiger partial charge in [-0.05, 0) is 25.1 Å². The minimum atomic E-state index is -0.755. The number of fused-ring (bicyclic) bond motifs is 1. The molecule has 0 saturated heterocycles. The van der Waals surface area contributed by atoms with Crippen LogP contribution in [0.3, 0.4) is 0 Å². The summed E-state index contributed by atoms with van der Waals surface area (Å²) in [6.07, 6.45) is 1.56. The van der Waals surface area contributed by atoms with E-state index in [1.54, 1.807) is 6.08 Å². The van der Waals surface area contributed by atoms with Gasteiger partial charge in [-0.1, -0.05) is 42.0 Å². The first-order valence-electron chi connectivity index (χ1n) is 8.06. The Morgan fingerprint density at radius 1 is 1.04 bits per heavy atom. The fourth-order valence-electron chi connectivity index (χ4n) is 3.00. The lowest BCUT2D eigenvalue weighted by atomic mass is 9.95. The number of aromatic nitrogens is 2. The molecule has 0 aliphatic carbocycles. The maximum atomic E-state index is 12.2. The molecule has 2 aromatic carbocycles. The maximum absolute atomic E-state index is 12.2. The average molecular weight is 345 g/mol. The zero-order valence-electron chi connectivity index (χ0n) is 13.9. The lowest BCUT2D eigenvalue weighted by Crippen LogP contribution is -2.23. The van der Waals surface area contributed by atoms with E-state index in [9.17, 15) is 14.7 Å². The topological polar surface area (TPSA) is 98.3 Å². The van der Waals surface area contributed by atoms with Gasteiger partial charge in [-0.15, -0.1) is 0 Å². The van der Waals surface area contributed by atoms with E-state index in [0.717, 1.165) is 22.4 Å². The Hall–Kier alpha value is -3.67. The van der Waals surface area contributed by atoms with Crippen LogP contribution in [0.5, 0.6) is 5.88 Å². The Balaban J connectivity index is 1.98. The van der Waals surface area contributed by atoms with Gasteiger partial charge in [0.15, 0.2) is 0 Å². The van der Waals surface area contributed by atoms with E-state index in [-0.39, 0.29) is 5.56 Å². The summed E-state index contributed by atoms with van der Waals surface area (Å²) < 4.78 is 0. The summed E-state index contributed by atoms with van der Waals surface area (Å²) >= 11 is 0. The molecule has 1 aliphatic heterocycles. The first-order chi connectivity index (χ1) is 12.5. The Kier molecular flexibility index (Phi) is 3.65. The number of aromatic hydroxyl groups is 1. The summed E-state index contributed by atoms with van der Waals surface area (Å²) in [6, 6.07) is 15.5. The normalized spacial score (nSPS) is 14.3. The molecule has 0 unspecified atom stereocenters. The standard InChI is InChI=1S/C20H15N3O3/c1-11-7-8-16-13(9-11)14(17(21-16)12-5-3-2-4-6-12)10-15-18(24)22-20(26)23-19(15)25/h2-10H,1H3,(H3,22,23,24,25,26)/b14-10+. The molecule has 0 radical (unpaired) electrons. The van der Waals surface area contributed by atoms with Crippen LogP contribution in [-0.4, -0.2) is 20.8 Å². The van der Waals surface area contributed by atoms with Gasteiger partial charge >= 0.3 is 5.69 Å². The molecule has 0 fully saturated rings. The number of rotatable bonds is 2. The molecular formula is C20H15N3O3. The Morgan fingerprint density at radius 2 is 1.81 bits per heavy atom. The molecule has 6 nitrogen and oxygen atoms in total. The summed E-state index contributed by atoms with van der Waals surface area (Å²) in [5.41, 5.74) is 3.60. The summed E-state index contributed by atoms with van der Waals surface area (Å²) in [5, 5.41) is 10.0. The third kappa shape index (κ3) is 2.67. The van der Waals surface area contributed by atoms with Crippen LogP contribution < -0.4 is 11.2 Å². The van der Waals surface area contributed by atoms with Gasteiger partial charge < -0.3 is 5.11 Å². The smallest absolute Gasteiger partial charge is 0.328 e. The number of aryl methyl sites for hydroxylation is 1. The van der Waals surface area contributed by atoms with Crippen molar-refractivity contribution in [3.63, 3.8) is 0 Å². The van der Waals surface area contributed by atoms with Gasteiger partial charge in [-0.25, -0.2) is 9.79 Å². The summed E-state index contributed by atoms with van der Waals surface area (Å²) in [5.74, 6) is -0.472. The first kappa shape index (κ1) is 15.8. The number of aliphatic imine (C=N–C) groups is 1. The van der Waals surface area contributed by atoms with E-state index in [2.05, 4.69) is 9.97 Å². The minimum absolute atomic E-state index is 0.0161. The predicted octanol–water partition coefficient (Wildman–Crippen LogP) is 2.75. The van der Waals surface area contributed by atoms with Crippen LogP contribution >= 0.6 is 0 Å². The molecule has 0 bridgehead atoms. The molecule has 3 aromatic rings. The van der Waals surface area contributed by atoms with Crippen molar-refractivity contribution in [1.29, 1.82) is 0 Å². The van der Waals surface area contributed by atoms with Gasteiger partial charge in [-0.3, -0.25) is 14.8 Å². The van der Waals surface area contributed by atoms with Gasteiger partial charge in [0.2, 0.25) is 5.88 Å². The monoisotopic (exact) mass is 345 g/mol. The van der Waals surface area contributed by atoms with Crippen LogP contribution in [0.25, 0.3) is 11.6 Å². The van der Waals surface area contributed by atoms with Crippen LogP contribution in [0.15, 0.2) is 63.1 Å². The molecule has 0 saturated carbocycles. The number of H-pyrrole nitrogens is 2. The number of nitrogens with one attached hydrogen (secondary N) is 2. The summed E-state index contributed by atoms with van der Waals surface area (Å²) in [4.78, 5) is 32.5. The Labute approximate surface area is 148 Å². The molecule has 0 amide bonds. The van der Waals surface area contributed by atoms with E-state index >= 15 is 0 Å². The predicted molar refractivity (Wildman–Crippen MR) is 101 cm³/mol. The quantitative estimate of drug-likeness (QED) is 0.666. The van der Waals surface area contributed by atoms with Crippen molar-refractivity contribution >= 4 is 23.0 Å². The fourth-order valence-corrected chi connectivity index (χ4v) is 3.00. The van der Waals surface area contributed by atoms with Crippen LogP contribution in [0, 0.1) is 6.92 Å². The lowest BCUT2D eigenvalue weighted by molar-refractivity contribution is 0.447. The maximum Gasteiger partial charge on any atom is 0.328 e. The molecule has 1 aliphatic rings. The number of hydrogen-bond donors (Lipinski definition) is 3. The third-order valence-corrected chi connectivity index (χ3v) is 4.22. The van der Waals surface area contributed by atoms with E-state index in [0.29, 0.717) is 11.3 Å². The Morgan fingerprint density at radius 3 is 2.54 bits per heavy atom. The van der Waals surface area contributed by atoms with Gasteiger partial charge in [0.25, 0.3) is 5.56 Å². The second-order valence-corrected chi connectivity index (χ2v) is 6.08. The SMILES string of the molecule is Cc1ccc2c(c1)/C(=C\c1c(O)[nH]c(=O)[nH]c1=O)C(c1ccccc1)=N2. The van der Waals surface area contributed by atoms with Crippen LogP contribution in [0.2, 0.25) is 0 Å². The van der Waals surface area contributed by atoms with E-state index in [1.165, 1.54) is 0 Å². The lowest BCUT2D eigenvalue weighted by Gasteiger charge is -2.07. The van der Waals surface area contributed by atoms with Crippen LogP contribution in [-0.2, 0) is 0 Å². The molecular weight excluding hydrogens is 330 g/mol. The molecule has 6 heteroatoms. The highest BCUT2D eigenvalue weighted by atomic mass is 16.3. The zero-order chi connectivity index (χ0) is 18.3. The van der Waals surface area contributed by atoms with Gasteiger partial charge in [-0.2, -0.15) is 0 Å². The van der Waals surface area contributed by atoms with E-state index < -0.39 is 17.1 Å². The van der Waals surface area contributed by atoms with Crippen LogP contribution in [0.1, 0.15) is 22.3 Å². The number of allylic oxidation sites excluding steroid dienone is 1. The summed E-state index contributed by atoms with van der Waals surface area (Å²) in [7, 11) is 0. The molecule has 1 aromatic heterocycles. The van der Waals surface area contributed by atoms with Crippen molar-refractivity contribution in [1.82, 2.24) is 9.97 Å². The van der Waals surface area contributed by atoms with Crippen molar-refractivity contribution in [3.8, 4) is 5.88 Å². The largest absolute Gasteiger partial charge is 0.494 e. The van der Waals surface area contributed by atoms with Gasteiger partial charge in [0.05, 0.1) is 11.4 Å². The van der Waals surface area contributed by atoms with Crippen molar-refractivity contribution in [2.24, 2.45) is 4.99 Å². The highest BCUT2D eigenvalue weighted by Gasteiger charge is 2.23.